The molecule has 0 spiro atoms. The molecule has 1 heterocycles. The normalized spacial score (nSPS) is 19.9. The SMILES string of the molecule is CNC(CCc1nccn1C)C1(OC)CCC1. The molecule has 1 unspecified atom stereocenters. The van der Waals surface area contributed by atoms with Crippen LogP contribution in [-0.2, 0) is 18.2 Å². The Hall–Kier alpha value is -0.870. The predicted octanol–water partition coefficient (Wildman–Crippen LogP) is 1.51. The Balaban J connectivity index is 1.94. The molecule has 0 amide bonds. The van der Waals surface area contributed by atoms with Crippen LogP contribution in [0, 0.1) is 0 Å². The molecule has 1 fully saturated rings. The highest BCUT2D eigenvalue weighted by atomic mass is 16.5. The van der Waals surface area contributed by atoms with Crippen LogP contribution in [0.1, 0.15) is 31.5 Å². The van der Waals surface area contributed by atoms with E-state index in [4.69, 9.17) is 4.74 Å². The second-order valence-corrected chi connectivity index (χ2v) is 4.96. The summed E-state index contributed by atoms with van der Waals surface area (Å²) in [5.41, 5.74) is 0.0694. The van der Waals surface area contributed by atoms with Crippen LogP contribution in [0.4, 0.5) is 0 Å². The molecule has 1 N–H and O–H groups in total. The molecule has 4 heteroatoms. The van der Waals surface area contributed by atoms with Crippen molar-refractivity contribution in [2.45, 2.75) is 43.7 Å². The third kappa shape index (κ3) is 2.38. The van der Waals surface area contributed by atoms with E-state index in [9.17, 15) is 0 Å². The van der Waals surface area contributed by atoms with E-state index in [1.807, 2.05) is 33.6 Å². The zero-order valence-corrected chi connectivity index (χ0v) is 11.1. The summed E-state index contributed by atoms with van der Waals surface area (Å²) in [6.07, 6.45) is 9.58. The number of nitrogens with one attached hydrogen (secondary N) is 1. The van der Waals surface area contributed by atoms with Gasteiger partial charge in [0.25, 0.3) is 0 Å². The number of imidazole rings is 1. The number of ether oxygens (including phenoxy) is 1. The van der Waals surface area contributed by atoms with Crippen molar-refractivity contribution in [3.8, 4) is 0 Å². The minimum atomic E-state index is 0.0694. The molecule has 2 rings (SSSR count). The Bertz CT molecular complexity index is 352. The standard InChI is InChI=1S/C13H23N3O/c1-14-11(13(17-3)7-4-8-13)5-6-12-15-9-10-16(12)2/h9-11,14H,4-8H2,1-3H3. The van der Waals surface area contributed by atoms with Crippen LogP contribution >= 0.6 is 0 Å². The van der Waals surface area contributed by atoms with E-state index in [2.05, 4.69) is 14.9 Å². The molecule has 0 aromatic carbocycles. The van der Waals surface area contributed by atoms with Crippen molar-refractivity contribution in [2.75, 3.05) is 14.2 Å². The van der Waals surface area contributed by atoms with Crippen LogP contribution in [0.2, 0.25) is 0 Å². The van der Waals surface area contributed by atoms with Crippen LogP contribution in [0.25, 0.3) is 0 Å². The molecule has 17 heavy (non-hydrogen) atoms. The van der Waals surface area contributed by atoms with E-state index < -0.39 is 0 Å². The smallest absolute Gasteiger partial charge is 0.108 e. The first-order chi connectivity index (χ1) is 8.22. The molecule has 0 saturated heterocycles. The quantitative estimate of drug-likeness (QED) is 0.815. The lowest BCUT2D eigenvalue weighted by molar-refractivity contribution is -0.0984. The van der Waals surface area contributed by atoms with E-state index in [0.29, 0.717) is 6.04 Å². The van der Waals surface area contributed by atoms with Crippen molar-refractivity contribution < 1.29 is 4.74 Å². The average Bonchev–Trinajstić information content (AvgIpc) is 2.68. The minimum Gasteiger partial charge on any atom is -0.377 e. The van der Waals surface area contributed by atoms with Crippen LogP contribution in [0.15, 0.2) is 12.4 Å². The maximum absolute atomic E-state index is 5.74. The van der Waals surface area contributed by atoms with E-state index in [-0.39, 0.29) is 5.60 Å². The largest absolute Gasteiger partial charge is 0.377 e. The van der Waals surface area contributed by atoms with Crippen LogP contribution in [0.5, 0.6) is 0 Å². The van der Waals surface area contributed by atoms with Crippen molar-refractivity contribution in [3.63, 3.8) is 0 Å². The highest BCUT2D eigenvalue weighted by molar-refractivity contribution is 5.01. The molecule has 96 valence electrons. The zero-order chi connectivity index (χ0) is 12.3. The maximum atomic E-state index is 5.74. The number of likely N-dealkylation sites (N-methyl/N-ethyl adjacent to an activating group) is 1. The second kappa shape index (κ2) is 5.19. The van der Waals surface area contributed by atoms with Crippen LogP contribution in [-0.4, -0.2) is 35.4 Å². The predicted molar refractivity (Wildman–Crippen MR) is 68.0 cm³/mol. The van der Waals surface area contributed by atoms with Crippen molar-refractivity contribution in [1.29, 1.82) is 0 Å². The van der Waals surface area contributed by atoms with Gasteiger partial charge in [-0.2, -0.15) is 0 Å². The number of nitrogens with zero attached hydrogens (tertiary/aromatic N) is 2. The molecule has 1 saturated carbocycles. The van der Waals surface area contributed by atoms with Gasteiger partial charge in [-0.3, -0.25) is 0 Å². The first-order valence-electron chi connectivity index (χ1n) is 6.40. The molecular formula is C13H23N3O. The number of hydrogen-bond acceptors (Lipinski definition) is 3. The van der Waals surface area contributed by atoms with Gasteiger partial charge in [0.15, 0.2) is 0 Å². The van der Waals surface area contributed by atoms with Crippen molar-refractivity contribution in [1.82, 2.24) is 14.9 Å². The summed E-state index contributed by atoms with van der Waals surface area (Å²) in [5, 5.41) is 3.42. The fourth-order valence-electron chi connectivity index (χ4n) is 2.80. The highest BCUT2D eigenvalue weighted by Gasteiger charge is 2.43. The molecule has 1 aliphatic rings. The van der Waals surface area contributed by atoms with Gasteiger partial charge in [-0.1, -0.05) is 0 Å². The number of aromatic nitrogens is 2. The van der Waals surface area contributed by atoms with Crippen molar-refractivity contribution in [3.05, 3.63) is 18.2 Å². The lowest BCUT2D eigenvalue weighted by Crippen LogP contribution is -2.55. The Morgan fingerprint density at radius 2 is 2.35 bits per heavy atom. The fraction of sp³-hybridized carbons (Fsp3) is 0.769. The zero-order valence-electron chi connectivity index (χ0n) is 11.1. The summed E-state index contributed by atoms with van der Waals surface area (Å²) < 4.78 is 7.83. The second-order valence-electron chi connectivity index (χ2n) is 4.96. The highest BCUT2D eigenvalue weighted by Crippen LogP contribution is 2.39. The molecule has 1 aliphatic carbocycles. The average molecular weight is 237 g/mol. The van der Waals surface area contributed by atoms with Crippen molar-refractivity contribution in [2.24, 2.45) is 7.05 Å². The third-order valence-corrected chi connectivity index (χ3v) is 4.17. The lowest BCUT2D eigenvalue weighted by atomic mass is 9.73. The summed E-state index contributed by atoms with van der Waals surface area (Å²) in [4.78, 5) is 4.37. The molecule has 0 bridgehead atoms. The Morgan fingerprint density at radius 3 is 2.76 bits per heavy atom. The lowest BCUT2D eigenvalue weighted by Gasteiger charge is -2.46. The van der Waals surface area contributed by atoms with Gasteiger partial charge >= 0.3 is 0 Å². The molecule has 0 radical (unpaired) electrons. The summed E-state index contributed by atoms with van der Waals surface area (Å²) in [6, 6.07) is 0.429. The third-order valence-electron chi connectivity index (χ3n) is 4.17. The topological polar surface area (TPSA) is 39.1 Å². The molecule has 4 nitrogen and oxygen atoms in total. The van der Waals surface area contributed by atoms with Gasteiger partial charge in [-0.05, 0) is 32.7 Å². The van der Waals surface area contributed by atoms with Gasteiger partial charge in [-0.25, -0.2) is 4.98 Å². The van der Waals surface area contributed by atoms with Gasteiger partial charge in [0.1, 0.15) is 5.82 Å². The van der Waals surface area contributed by atoms with E-state index >= 15 is 0 Å². The van der Waals surface area contributed by atoms with Crippen LogP contribution in [0.3, 0.4) is 0 Å². The van der Waals surface area contributed by atoms with Gasteiger partial charge in [-0.15, -0.1) is 0 Å². The van der Waals surface area contributed by atoms with Gasteiger partial charge in [0, 0.05) is 39.0 Å². The molecule has 1 atom stereocenters. The number of methoxy groups -OCH3 is 1. The van der Waals surface area contributed by atoms with E-state index in [1.54, 1.807) is 0 Å². The monoisotopic (exact) mass is 237 g/mol. The Kier molecular flexibility index (Phi) is 3.84. The van der Waals surface area contributed by atoms with E-state index in [0.717, 1.165) is 18.7 Å². The van der Waals surface area contributed by atoms with E-state index in [1.165, 1.54) is 19.3 Å². The van der Waals surface area contributed by atoms with Crippen molar-refractivity contribution >= 4 is 0 Å². The fourth-order valence-corrected chi connectivity index (χ4v) is 2.80. The van der Waals surface area contributed by atoms with Gasteiger partial charge < -0.3 is 14.6 Å². The maximum Gasteiger partial charge on any atom is 0.108 e. The number of hydrogen-bond donors (Lipinski definition) is 1. The molecule has 1 aromatic heterocycles. The van der Waals surface area contributed by atoms with Gasteiger partial charge in [0.05, 0.1) is 5.60 Å². The van der Waals surface area contributed by atoms with Crippen LogP contribution < -0.4 is 5.32 Å². The molecule has 1 aromatic rings. The number of rotatable bonds is 6. The Labute approximate surface area is 103 Å². The summed E-state index contributed by atoms with van der Waals surface area (Å²) in [7, 11) is 5.92. The summed E-state index contributed by atoms with van der Waals surface area (Å²) in [6.45, 7) is 0. The molecule has 0 aliphatic heterocycles. The molecular weight excluding hydrogens is 214 g/mol. The first kappa shape index (κ1) is 12.6. The van der Waals surface area contributed by atoms with Gasteiger partial charge in [0.2, 0.25) is 0 Å². The summed E-state index contributed by atoms with van der Waals surface area (Å²) in [5.74, 6) is 1.15. The number of aryl methyl sites for hydroxylation is 2. The minimum absolute atomic E-state index is 0.0694. The summed E-state index contributed by atoms with van der Waals surface area (Å²) >= 11 is 0. The first-order valence-corrected chi connectivity index (χ1v) is 6.40. The Morgan fingerprint density at radius 1 is 1.59 bits per heavy atom.